The van der Waals surface area contributed by atoms with Crippen molar-refractivity contribution in [2.24, 2.45) is 0 Å². The van der Waals surface area contributed by atoms with Gasteiger partial charge in [0.25, 0.3) is 0 Å². The second-order valence-corrected chi connectivity index (χ2v) is 13.3. The van der Waals surface area contributed by atoms with Crippen molar-refractivity contribution < 1.29 is 9.47 Å². The molecule has 160 valence electrons. The van der Waals surface area contributed by atoms with Crippen LogP contribution in [0.5, 0.6) is 0 Å². The lowest BCUT2D eigenvalue weighted by molar-refractivity contribution is 0.0923. The maximum absolute atomic E-state index is 5.99. The molecule has 1 atom stereocenters. The van der Waals surface area contributed by atoms with Gasteiger partial charge >= 0.3 is 0 Å². The topological polar surface area (TPSA) is 73.2 Å². The van der Waals surface area contributed by atoms with Gasteiger partial charge in [-0.05, 0) is 43.7 Å². The lowest BCUT2D eigenvalue weighted by Gasteiger charge is -2.24. The van der Waals surface area contributed by atoms with E-state index in [-0.39, 0.29) is 0 Å². The minimum absolute atomic E-state index is 0.314. The first-order valence-electron chi connectivity index (χ1n) is 10.3. The molecule has 2 aliphatic heterocycles. The van der Waals surface area contributed by atoms with Crippen LogP contribution in [0.2, 0.25) is 0 Å². The van der Waals surface area contributed by atoms with Crippen molar-refractivity contribution in [1.82, 2.24) is 19.9 Å². The predicted octanol–water partition coefficient (Wildman–Crippen LogP) is 2.68. The van der Waals surface area contributed by atoms with Gasteiger partial charge in [-0.2, -0.15) is 0 Å². The van der Waals surface area contributed by atoms with Crippen molar-refractivity contribution in [3.8, 4) is 0 Å². The third-order valence-electron chi connectivity index (χ3n) is 5.33. The molecule has 2 aliphatic rings. The van der Waals surface area contributed by atoms with Crippen LogP contribution in [-0.4, -0.2) is 78.0 Å². The minimum atomic E-state index is -0.547. The highest BCUT2D eigenvalue weighted by atomic mass is 32.3. The van der Waals surface area contributed by atoms with Gasteiger partial charge in [-0.3, -0.25) is 0 Å². The van der Waals surface area contributed by atoms with Crippen molar-refractivity contribution in [2.45, 2.75) is 25.6 Å². The molecule has 8 heteroatoms. The first kappa shape index (κ1) is 20.7. The molecule has 0 bridgehead atoms. The average Bonchev–Trinajstić information content (AvgIpc) is 3.33. The van der Waals surface area contributed by atoms with E-state index in [9.17, 15) is 0 Å². The number of nitrogens with one attached hydrogen (secondary N) is 2. The summed E-state index contributed by atoms with van der Waals surface area (Å²) in [4.78, 5) is 9.68. The number of rotatable bonds is 8. The highest BCUT2D eigenvalue weighted by Gasteiger charge is 2.19. The monoisotopic (exact) mass is 419 g/mol. The SMILES string of the molecule is CS(C)(C)CCOCn1cc(C2=CCNCC2)c2nc(NC3CCOC3)cnc21. The van der Waals surface area contributed by atoms with Gasteiger partial charge in [0, 0.05) is 30.7 Å². The van der Waals surface area contributed by atoms with Crippen LogP contribution in [0.1, 0.15) is 18.4 Å². The largest absolute Gasteiger partial charge is 0.379 e. The summed E-state index contributed by atoms with van der Waals surface area (Å²) in [6.07, 6.45) is 15.2. The van der Waals surface area contributed by atoms with Crippen molar-refractivity contribution in [2.75, 3.05) is 62.7 Å². The molecular weight excluding hydrogens is 386 g/mol. The summed E-state index contributed by atoms with van der Waals surface area (Å²) in [5.74, 6) is 1.93. The molecule has 4 heterocycles. The molecule has 29 heavy (non-hydrogen) atoms. The van der Waals surface area contributed by atoms with Gasteiger partial charge in [0.05, 0.1) is 25.5 Å². The molecule has 0 amide bonds. The number of hydrogen-bond acceptors (Lipinski definition) is 6. The Kier molecular flexibility index (Phi) is 6.44. The van der Waals surface area contributed by atoms with Crippen LogP contribution < -0.4 is 10.6 Å². The van der Waals surface area contributed by atoms with Crippen LogP contribution in [0.15, 0.2) is 18.5 Å². The minimum Gasteiger partial charge on any atom is -0.379 e. The fraction of sp³-hybridized carbons (Fsp3) is 0.619. The summed E-state index contributed by atoms with van der Waals surface area (Å²) in [6, 6.07) is 0.314. The average molecular weight is 420 g/mol. The molecule has 7 nitrogen and oxygen atoms in total. The van der Waals surface area contributed by atoms with Gasteiger partial charge in [-0.15, -0.1) is 0 Å². The van der Waals surface area contributed by atoms with E-state index in [0.29, 0.717) is 12.8 Å². The molecule has 2 aromatic heterocycles. The van der Waals surface area contributed by atoms with Gasteiger partial charge in [-0.1, -0.05) is 6.08 Å². The van der Waals surface area contributed by atoms with E-state index in [1.54, 1.807) is 0 Å². The Labute approximate surface area is 174 Å². The van der Waals surface area contributed by atoms with Crippen LogP contribution >= 0.6 is 10.0 Å². The quantitative estimate of drug-likeness (QED) is 0.641. The Balaban J connectivity index is 1.58. The van der Waals surface area contributed by atoms with E-state index >= 15 is 0 Å². The van der Waals surface area contributed by atoms with Crippen LogP contribution in [0.4, 0.5) is 5.82 Å². The smallest absolute Gasteiger partial charge is 0.161 e. The maximum Gasteiger partial charge on any atom is 0.161 e. The highest BCUT2D eigenvalue weighted by Crippen LogP contribution is 2.34. The number of ether oxygens (including phenoxy) is 2. The molecule has 0 radical (unpaired) electrons. The molecule has 2 N–H and O–H groups in total. The van der Waals surface area contributed by atoms with E-state index in [1.807, 2.05) is 6.20 Å². The van der Waals surface area contributed by atoms with Gasteiger partial charge in [0.1, 0.15) is 18.1 Å². The molecule has 0 saturated carbocycles. The zero-order valence-corrected chi connectivity index (χ0v) is 18.6. The number of nitrogens with zero attached hydrogens (tertiary/aromatic N) is 3. The number of hydrogen-bond donors (Lipinski definition) is 2. The van der Waals surface area contributed by atoms with Crippen molar-refractivity contribution in [3.05, 3.63) is 24.0 Å². The maximum atomic E-state index is 5.99. The van der Waals surface area contributed by atoms with Crippen LogP contribution in [-0.2, 0) is 16.2 Å². The van der Waals surface area contributed by atoms with E-state index < -0.39 is 10.0 Å². The molecule has 2 aromatic rings. The van der Waals surface area contributed by atoms with Crippen LogP contribution in [0.3, 0.4) is 0 Å². The Hall–Kier alpha value is -1.61. The lowest BCUT2D eigenvalue weighted by Crippen LogP contribution is -2.20. The van der Waals surface area contributed by atoms with Crippen LogP contribution in [0, 0.1) is 0 Å². The van der Waals surface area contributed by atoms with E-state index in [2.05, 4.69) is 46.2 Å². The van der Waals surface area contributed by atoms with Gasteiger partial charge < -0.3 is 24.7 Å². The van der Waals surface area contributed by atoms with E-state index in [0.717, 1.165) is 68.5 Å². The highest BCUT2D eigenvalue weighted by molar-refractivity contribution is 8.32. The summed E-state index contributed by atoms with van der Waals surface area (Å²) >= 11 is 0. The van der Waals surface area contributed by atoms with Crippen molar-refractivity contribution >= 4 is 32.6 Å². The molecular formula is C21H33N5O2S. The lowest BCUT2D eigenvalue weighted by atomic mass is 10.0. The molecule has 0 spiro atoms. The number of fused-ring (bicyclic) bond motifs is 1. The predicted molar refractivity (Wildman–Crippen MR) is 122 cm³/mol. The Morgan fingerprint density at radius 3 is 3.00 bits per heavy atom. The third kappa shape index (κ3) is 5.31. The molecule has 1 unspecified atom stereocenters. The summed E-state index contributed by atoms with van der Waals surface area (Å²) in [7, 11) is -0.547. The first-order chi connectivity index (χ1) is 14.0. The zero-order valence-electron chi connectivity index (χ0n) is 17.7. The molecule has 0 aromatic carbocycles. The fourth-order valence-corrected chi connectivity index (χ4v) is 4.27. The van der Waals surface area contributed by atoms with E-state index in [4.69, 9.17) is 19.4 Å². The standard InChI is InChI=1S/C21H33N5O2S/c1-29(2,3)11-10-28-15-26-13-18(16-4-7-22-8-5-16)20-21(26)23-12-19(25-20)24-17-6-9-27-14-17/h4,12-13,17,22H,5-11,14-15H2,1-3H3,(H,24,25). The molecule has 1 fully saturated rings. The summed E-state index contributed by atoms with van der Waals surface area (Å²) in [5, 5.41) is 6.86. The summed E-state index contributed by atoms with van der Waals surface area (Å²) in [6.45, 7) is 4.72. The van der Waals surface area contributed by atoms with Gasteiger partial charge in [0.2, 0.25) is 0 Å². The normalized spacial score (nSPS) is 20.8. The number of aromatic nitrogens is 3. The van der Waals surface area contributed by atoms with Gasteiger partial charge in [-0.25, -0.2) is 20.0 Å². The number of anilines is 1. The Morgan fingerprint density at radius 2 is 2.28 bits per heavy atom. The Morgan fingerprint density at radius 1 is 1.38 bits per heavy atom. The second-order valence-electron chi connectivity index (χ2n) is 8.66. The Bertz CT molecular complexity index is 868. The molecule has 1 saturated heterocycles. The van der Waals surface area contributed by atoms with Crippen LogP contribution in [0.25, 0.3) is 16.7 Å². The van der Waals surface area contributed by atoms with Crippen molar-refractivity contribution in [3.63, 3.8) is 0 Å². The fourth-order valence-electron chi connectivity index (χ4n) is 3.65. The molecule has 4 rings (SSSR count). The summed E-state index contributed by atoms with van der Waals surface area (Å²) < 4.78 is 13.6. The second kappa shape index (κ2) is 9.04. The van der Waals surface area contributed by atoms with Crippen molar-refractivity contribution in [1.29, 1.82) is 0 Å². The third-order valence-corrected chi connectivity index (χ3v) is 6.72. The summed E-state index contributed by atoms with van der Waals surface area (Å²) in [5.41, 5.74) is 4.34. The molecule has 0 aliphatic carbocycles. The zero-order chi connectivity index (χ0) is 20.3. The van der Waals surface area contributed by atoms with E-state index in [1.165, 1.54) is 11.1 Å². The van der Waals surface area contributed by atoms with Gasteiger partial charge in [0.15, 0.2) is 5.65 Å². The first-order valence-corrected chi connectivity index (χ1v) is 13.4.